The van der Waals surface area contributed by atoms with Crippen LogP contribution >= 0.6 is 0 Å². The fraction of sp³-hybridized carbons (Fsp3) is 0.556. The van der Waals surface area contributed by atoms with Crippen molar-refractivity contribution in [2.45, 2.75) is 32.6 Å². The number of unbranched alkanes of at least 4 members (excludes halogenated alkanes) is 2. The van der Waals surface area contributed by atoms with Gasteiger partial charge in [0.15, 0.2) is 0 Å². The van der Waals surface area contributed by atoms with Crippen LogP contribution in [-0.2, 0) is 9.59 Å². The molecular weight excluding hydrogens is 170 g/mol. The van der Waals surface area contributed by atoms with Crippen LogP contribution in [0.3, 0.4) is 0 Å². The van der Waals surface area contributed by atoms with Crippen molar-refractivity contribution in [3.63, 3.8) is 0 Å². The fourth-order valence-electron chi connectivity index (χ4n) is 0.526. The van der Waals surface area contributed by atoms with Crippen LogP contribution in [0, 0.1) is 0 Å². The van der Waals surface area contributed by atoms with Crippen LogP contribution in [0.25, 0.3) is 0 Å². The minimum absolute atomic E-state index is 0.327. The van der Waals surface area contributed by atoms with Gasteiger partial charge in [0.1, 0.15) is 0 Å². The lowest BCUT2D eigenvalue weighted by atomic mass is 10.2. The molecule has 0 unspecified atom stereocenters. The molecule has 0 atom stereocenters. The summed E-state index contributed by atoms with van der Waals surface area (Å²) in [4.78, 5) is 19.3. The second-order valence-electron chi connectivity index (χ2n) is 2.46. The van der Waals surface area contributed by atoms with Crippen LogP contribution in [0.1, 0.15) is 32.6 Å². The first-order chi connectivity index (χ1) is 6.04. The lowest BCUT2D eigenvalue weighted by molar-refractivity contribution is -0.137. The minimum Gasteiger partial charge on any atom is -0.481 e. The Kier molecular flexibility index (Phi) is 11.7. The van der Waals surface area contributed by atoms with E-state index in [2.05, 4.69) is 19.2 Å². The van der Waals surface area contributed by atoms with Crippen molar-refractivity contribution >= 4 is 11.9 Å². The maximum atomic E-state index is 9.87. The number of primary amides is 1. The van der Waals surface area contributed by atoms with E-state index >= 15 is 0 Å². The summed E-state index contributed by atoms with van der Waals surface area (Å²) >= 11 is 0. The van der Waals surface area contributed by atoms with Gasteiger partial charge in [0.05, 0.1) is 0 Å². The third-order valence-corrected chi connectivity index (χ3v) is 1.20. The highest BCUT2D eigenvalue weighted by atomic mass is 16.4. The van der Waals surface area contributed by atoms with E-state index < -0.39 is 11.9 Å². The molecule has 13 heavy (non-hydrogen) atoms. The lowest BCUT2D eigenvalue weighted by Crippen LogP contribution is -2.04. The average molecular weight is 187 g/mol. The molecule has 0 fully saturated rings. The molecule has 0 bridgehead atoms. The molecule has 76 valence electrons. The maximum Gasteiger partial charge on any atom is 0.303 e. The topological polar surface area (TPSA) is 80.4 Å². The van der Waals surface area contributed by atoms with Crippen molar-refractivity contribution in [2.24, 2.45) is 5.73 Å². The molecule has 0 aromatic heterocycles. The van der Waals surface area contributed by atoms with E-state index in [1.54, 1.807) is 0 Å². The second-order valence-corrected chi connectivity index (χ2v) is 2.46. The number of hydrogen-bond donors (Lipinski definition) is 2. The lowest BCUT2D eigenvalue weighted by Gasteiger charge is -1.89. The Bertz CT molecular complexity index is 166. The zero-order valence-electron chi connectivity index (χ0n) is 7.95. The van der Waals surface area contributed by atoms with Gasteiger partial charge in [-0.25, -0.2) is 0 Å². The predicted molar refractivity (Wildman–Crippen MR) is 51.2 cm³/mol. The summed E-state index contributed by atoms with van der Waals surface area (Å²) in [5.41, 5.74) is 4.53. The molecule has 0 aliphatic carbocycles. The molecule has 0 heterocycles. The van der Waals surface area contributed by atoms with Gasteiger partial charge in [0, 0.05) is 6.42 Å². The highest BCUT2D eigenvalue weighted by Gasteiger charge is 1.92. The van der Waals surface area contributed by atoms with Crippen molar-refractivity contribution in [1.82, 2.24) is 0 Å². The number of hydrogen-bond acceptors (Lipinski definition) is 2. The maximum absolute atomic E-state index is 9.87. The number of amides is 1. The molecule has 1 amide bonds. The highest BCUT2D eigenvalue weighted by Crippen LogP contribution is 1.97. The van der Waals surface area contributed by atoms with Crippen molar-refractivity contribution in [1.29, 1.82) is 0 Å². The summed E-state index contributed by atoms with van der Waals surface area (Å²) in [6, 6.07) is 0. The van der Waals surface area contributed by atoms with Crippen LogP contribution in [0.5, 0.6) is 0 Å². The zero-order chi connectivity index (χ0) is 10.7. The predicted octanol–water partition coefficient (Wildman–Crippen LogP) is 1.31. The molecule has 0 saturated carbocycles. The number of carbonyl (C=O) groups is 2. The van der Waals surface area contributed by atoms with Gasteiger partial charge in [-0.15, -0.1) is 0 Å². The Morgan fingerprint density at radius 2 is 1.92 bits per heavy atom. The number of carboxylic acid groups (broad SMARTS) is 1. The Morgan fingerprint density at radius 3 is 2.15 bits per heavy atom. The van der Waals surface area contributed by atoms with Crippen molar-refractivity contribution in [3.8, 4) is 0 Å². The normalized spacial score (nSPS) is 8.08. The smallest absolute Gasteiger partial charge is 0.303 e. The molecule has 3 N–H and O–H groups in total. The van der Waals surface area contributed by atoms with Gasteiger partial charge in [0.2, 0.25) is 5.91 Å². The molecular formula is C9H17NO3. The third kappa shape index (κ3) is 24.9. The highest BCUT2D eigenvalue weighted by molar-refractivity contribution is 5.84. The summed E-state index contributed by atoms with van der Waals surface area (Å²) in [5, 5.41) is 8.14. The van der Waals surface area contributed by atoms with Crippen molar-refractivity contribution < 1.29 is 14.7 Å². The Balaban J connectivity index is 0. The van der Waals surface area contributed by atoms with Gasteiger partial charge in [-0.1, -0.05) is 26.3 Å². The molecule has 0 aromatic carbocycles. The van der Waals surface area contributed by atoms with E-state index in [4.69, 9.17) is 5.11 Å². The van der Waals surface area contributed by atoms with Gasteiger partial charge in [-0.2, -0.15) is 0 Å². The van der Waals surface area contributed by atoms with Crippen LogP contribution in [0.4, 0.5) is 0 Å². The van der Waals surface area contributed by atoms with Gasteiger partial charge >= 0.3 is 5.97 Å². The van der Waals surface area contributed by atoms with Gasteiger partial charge in [-0.05, 0) is 12.5 Å². The summed E-state index contributed by atoms with van der Waals surface area (Å²) in [7, 11) is 0. The minimum atomic E-state index is -0.682. The molecule has 0 rings (SSSR count). The molecule has 4 nitrogen and oxygen atoms in total. The Labute approximate surface area is 78.4 Å². The molecule has 4 heteroatoms. The molecule has 0 aliphatic heterocycles. The second kappa shape index (κ2) is 10.7. The van der Waals surface area contributed by atoms with E-state index in [1.807, 2.05) is 0 Å². The molecule has 0 saturated heterocycles. The summed E-state index contributed by atoms with van der Waals surface area (Å²) < 4.78 is 0. The quantitative estimate of drug-likeness (QED) is 0.503. The number of carbonyl (C=O) groups excluding carboxylic acids is 1. The monoisotopic (exact) mass is 187 g/mol. The molecule has 0 spiro atoms. The van der Waals surface area contributed by atoms with Crippen LogP contribution < -0.4 is 5.73 Å². The van der Waals surface area contributed by atoms with Crippen LogP contribution in [0.15, 0.2) is 12.7 Å². The molecule has 0 radical (unpaired) electrons. The largest absolute Gasteiger partial charge is 0.481 e. The third-order valence-electron chi connectivity index (χ3n) is 1.20. The first-order valence-electron chi connectivity index (χ1n) is 4.18. The SMILES string of the molecule is C=CC(N)=O.CCCCCC(=O)O. The van der Waals surface area contributed by atoms with E-state index in [0.717, 1.165) is 25.3 Å². The van der Waals surface area contributed by atoms with Crippen molar-refractivity contribution in [2.75, 3.05) is 0 Å². The fourth-order valence-corrected chi connectivity index (χ4v) is 0.526. The first kappa shape index (κ1) is 14.2. The van der Waals surface area contributed by atoms with Crippen LogP contribution in [-0.4, -0.2) is 17.0 Å². The first-order valence-corrected chi connectivity index (χ1v) is 4.18. The summed E-state index contributed by atoms with van der Waals surface area (Å²) in [6.07, 6.45) is 4.33. The summed E-state index contributed by atoms with van der Waals surface area (Å²) in [6.45, 7) is 5.14. The van der Waals surface area contributed by atoms with Gasteiger partial charge in [0.25, 0.3) is 0 Å². The van der Waals surface area contributed by atoms with E-state index in [1.165, 1.54) is 0 Å². The number of carboxylic acids is 1. The Hall–Kier alpha value is -1.32. The standard InChI is InChI=1S/C6H12O2.C3H5NO/c1-2-3-4-5-6(7)8;1-2-3(4)5/h2-5H2,1H3,(H,7,8);2H,1H2,(H2,4,5). The van der Waals surface area contributed by atoms with E-state index in [9.17, 15) is 9.59 Å². The molecule has 0 aromatic rings. The van der Waals surface area contributed by atoms with Gasteiger partial charge < -0.3 is 10.8 Å². The average Bonchev–Trinajstić information content (AvgIpc) is 2.05. The zero-order valence-corrected chi connectivity index (χ0v) is 7.95. The number of nitrogens with two attached hydrogens (primary N) is 1. The van der Waals surface area contributed by atoms with Crippen molar-refractivity contribution in [3.05, 3.63) is 12.7 Å². The van der Waals surface area contributed by atoms with E-state index in [-0.39, 0.29) is 0 Å². The van der Waals surface area contributed by atoms with Crippen LogP contribution in [0.2, 0.25) is 0 Å². The molecule has 0 aliphatic rings. The van der Waals surface area contributed by atoms with Gasteiger partial charge in [-0.3, -0.25) is 9.59 Å². The number of aliphatic carboxylic acids is 1. The summed E-state index contributed by atoms with van der Waals surface area (Å²) in [5.74, 6) is -1.16. The number of rotatable bonds is 5. The van der Waals surface area contributed by atoms with E-state index in [0.29, 0.717) is 6.42 Å². The Morgan fingerprint density at radius 1 is 1.46 bits per heavy atom.